The first kappa shape index (κ1) is 25.0. The number of hydrogen-bond acceptors (Lipinski definition) is 2. The normalized spacial score (nSPS) is 13.1. The first-order chi connectivity index (χ1) is 19.6. The molecule has 0 bridgehead atoms. The number of nitrogens with zero attached hydrogens (tertiary/aromatic N) is 1. The first-order valence-corrected chi connectivity index (χ1v) is 13.3. The fourth-order valence-corrected chi connectivity index (χ4v) is 5.21. The van der Waals surface area contributed by atoms with Gasteiger partial charge in [-0.05, 0) is 35.7 Å². The van der Waals surface area contributed by atoms with Crippen LogP contribution in [0.15, 0.2) is 157 Å². The molecule has 0 atom stereocenters. The molecule has 1 aliphatic heterocycles. The van der Waals surface area contributed by atoms with Gasteiger partial charge in [0.05, 0.1) is 16.8 Å². The van der Waals surface area contributed by atoms with Crippen LogP contribution in [0.5, 0.6) is 0 Å². The van der Waals surface area contributed by atoms with E-state index in [2.05, 4.69) is 0 Å². The second kappa shape index (κ2) is 10.8. The lowest BCUT2D eigenvalue weighted by molar-refractivity contribution is -0.113. The number of carbonyl (C=O) groups is 2. The van der Waals surface area contributed by atoms with Gasteiger partial charge < -0.3 is 0 Å². The van der Waals surface area contributed by atoms with Gasteiger partial charge >= 0.3 is 0 Å². The summed E-state index contributed by atoms with van der Waals surface area (Å²) < 4.78 is 0. The minimum absolute atomic E-state index is 0.193. The molecule has 0 N–H and O–H groups in total. The summed E-state index contributed by atoms with van der Waals surface area (Å²) in [5.41, 5.74) is 6.97. The number of aryl methyl sites for hydroxylation is 1. The second-order valence-corrected chi connectivity index (χ2v) is 9.74. The van der Waals surface area contributed by atoms with Gasteiger partial charge in [0, 0.05) is 16.8 Å². The Bertz CT molecular complexity index is 1690. The minimum atomic E-state index is -0.232. The molecule has 1 amide bonds. The van der Waals surface area contributed by atoms with Crippen molar-refractivity contribution >= 4 is 28.6 Å². The van der Waals surface area contributed by atoms with E-state index in [0.29, 0.717) is 28.1 Å². The summed E-state index contributed by atoms with van der Waals surface area (Å²) in [5.74, 6) is -0.425. The molecule has 0 radical (unpaired) electrons. The molecule has 192 valence electrons. The summed E-state index contributed by atoms with van der Waals surface area (Å²) >= 11 is 0. The van der Waals surface area contributed by atoms with Crippen molar-refractivity contribution in [1.82, 2.24) is 0 Å². The monoisotopic (exact) mass is 517 g/mol. The maximum Gasteiger partial charge on any atom is 0.264 e. The molecule has 5 aromatic rings. The number of rotatable bonds is 6. The van der Waals surface area contributed by atoms with Crippen molar-refractivity contribution in [1.29, 1.82) is 0 Å². The lowest BCUT2D eigenvalue weighted by atomic mass is 9.86. The number of carbonyl (C=O) groups excluding carboxylic acids is 2. The van der Waals surface area contributed by atoms with Crippen LogP contribution in [-0.4, -0.2) is 11.7 Å². The molecule has 0 saturated heterocycles. The topological polar surface area (TPSA) is 37.4 Å². The Morgan fingerprint density at radius 2 is 1.00 bits per heavy atom. The van der Waals surface area contributed by atoms with Crippen molar-refractivity contribution in [2.45, 2.75) is 6.92 Å². The van der Waals surface area contributed by atoms with Gasteiger partial charge in [-0.25, -0.2) is 0 Å². The first-order valence-electron chi connectivity index (χ1n) is 13.3. The average molecular weight is 518 g/mol. The van der Waals surface area contributed by atoms with Gasteiger partial charge in [-0.15, -0.1) is 0 Å². The van der Waals surface area contributed by atoms with Gasteiger partial charge in [-0.3, -0.25) is 14.5 Å². The number of hydrogen-bond donors (Lipinski definition) is 0. The van der Waals surface area contributed by atoms with Crippen molar-refractivity contribution < 1.29 is 9.59 Å². The van der Waals surface area contributed by atoms with E-state index in [1.54, 1.807) is 17.0 Å². The standard InChI is InChI=1S/C37H27NO2/c1-26-22-24-31(25-23-26)38-35(29-18-10-4-11-19-29)34(36(39)30-20-12-5-13-21-30)33(37(38)40)32(27-14-6-2-7-15-27)28-16-8-3-9-17-28/h2-25H,1H3. The number of benzene rings is 5. The van der Waals surface area contributed by atoms with E-state index in [1.807, 2.05) is 140 Å². The van der Waals surface area contributed by atoms with Gasteiger partial charge in [-0.2, -0.15) is 0 Å². The van der Waals surface area contributed by atoms with Gasteiger partial charge in [0.25, 0.3) is 5.91 Å². The van der Waals surface area contributed by atoms with E-state index in [-0.39, 0.29) is 11.7 Å². The predicted molar refractivity (Wildman–Crippen MR) is 162 cm³/mol. The van der Waals surface area contributed by atoms with Crippen LogP contribution >= 0.6 is 0 Å². The van der Waals surface area contributed by atoms with Crippen LogP contribution in [-0.2, 0) is 4.79 Å². The molecule has 5 aromatic carbocycles. The molecule has 0 fully saturated rings. The van der Waals surface area contributed by atoms with Gasteiger partial charge in [-0.1, -0.05) is 139 Å². The van der Waals surface area contributed by atoms with Crippen molar-refractivity contribution in [3.8, 4) is 0 Å². The molecular formula is C37H27NO2. The van der Waals surface area contributed by atoms with Crippen LogP contribution in [0.3, 0.4) is 0 Å². The second-order valence-electron chi connectivity index (χ2n) is 9.74. The molecule has 1 aliphatic rings. The van der Waals surface area contributed by atoms with Crippen LogP contribution in [0.25, 0.3) is 11.3 Å². The molecule has 6 rings (SSSR count). The Morgan fingerprint density at radius 3 is 1.50 bits per heavy atom. The maximum absolute atomic E-state index is 14.8. The lowest BCUT2D eigenvalue weighted by Crippen LogP contribution is -2.25. The number of anilines is 1. The zero-order chi connectivity index (χ0) is 27.5. The van der Waals surface area contributed by atoms with Gasteiger partial charge in [0.1, 0.15) is 0 Å². The summed E-state index contributed by atoms with van der Waals surface area (Å²) in [4.78, 5) is 31.0. The SMILES string of the molecule is Cc1ccc(N2C(=O)C(=C(c3ccccc3)c3ccccc3)C(C(=O)c3ccccc3)=C2c2ccccc2)cc1. The zero-order valence-corrected chi connectivity index (χ0v) is 22.1. The quantitative estimate of drug-likeness (QED) is 0.168. The van der Waals surface area contributed by atoms with Crippen LogP contribution in [0.2, 0.25) is 0 Å². The summed E-state index contributed by atoms with van der Waals surface area (Å²) in [6.07, 6.45) is 0. The Morgan fingerprint density at radius 1 is 0.550 bits per heavy atom. The number of ketones is 1. The highest BCUT2D eigenvalue weighted by molar-refractivity contribution is 6.36. The molecule has 0 aliphatic carbocycles. The van der Waals surface area contributed by atoms with Crippen molar-refractivity contribution in [2.24, 2.45) is 0 Å². The minimum Gasteiger partial charge on any atom is -0.289 e. The van der Waals surface area contributed by atoms with E-state index >= 15 is 0 Å². The molecule has 0 aromatic heterocycles. The van der Waals surface area contributed by atoms with Crippen molar-refractivity contribution in [3.05, 3.63) is 185 Å². The third-order valence-corrected chi connectivity index (χ3v) is 7.10. The predicted octanol–water partition coefficient (Wildman–Crippen LogP) is 8.14. The van der Waals surface area contributed by atoms with Crippen LogP contribution in [0.4, 0.5) is 5.69 Å². The Balaban J connectivity index is 1.76. The van der Waals surface area contributed by atoms with E-state index in [1.165, 1.54) is 0 Å². The van der Waals surface area contributed by atoms with Crippen LogP contribution in [0.1, 0.15) is 32.6 Å². The van der Waals surface area contributed by atoms with E-state index in [4.69, 9.17) is 0 Å². The maximum atomic E-state index is 14.8. The highest BCUT2D eigenvalue weighted by Crippen LogP contribution is 2.45. The smallest absolute Gasteiger partial charge is 0.264 e. The largest absolute Gasteiger partial charge is 0.289 e. The van der Waals surface area contributed by atoms with Crippen LogP contribution < -0.4 is 4.90 Å². The van der Waals surface area contributed by atoms with Gasteiger partial charge in [0.2, 0.25) is 0 Å². The highest BCUT2D eigenvalue weighted by Gasteiger charge is 2.42. The summed E-state index contributed by atoms with van der Waals surface area (Å²) in [5, 5.41) is 0. The average Bonchev–Trinajstić information content (AvgIpc) is 3.31. The van der Waals surface area contributed by atoms with Crippen molar-refractivity contribution in [2.75, 3.05) is 4.90 Å². The number of amides is 1. The molecule has 0 spiro atoms. The summed E-state index contributed by atoms with van der Waals surface area (Å²) in [7, 11) is 0. The van der Waals surface area contributed by atoms with Crippen LogP contribution in [0, 0.1) is 6.92 Å². The van der Waals surface area contributed by atoms with Crippen molar-refractivity contribution in [3.63, 3.8) is 0 Å². The molecule has 1 heterocycles. The van der Waals surface area contributed by atoms with E-state index < -0.39 is 0 Å². The Kier molecular flexibility index (Phi) is 6.78. The third-order valence-electron chi connectivity index (χ3n) is 7.10. The van der Waals surface area contributed by atoms with Gasteiger partial charge in [0.15, 0.2) is 5.78 Å². The van der Waals surface area contributed by atoms with E-state index in [9.17, 15) is 9.59 Å². The molecule has 3 heteroatoms. The molecular weight excluding hydrogens is 490 g/mol. The summed E-state index contributed by atoms with van der Waals surface area (Å²) in [6, 6.07) is 46.4. The summed E-state index contributed by atoms with van der Waals surface area (Å²) in [6.45, 7) is 2.02. The highest BCUT2D eigenvalue weighted by atomic mass is 16.2. The molecule has 40 heavy (non-hydrogen) atoms. The lowest BCUT2D eigenvalue weighted by Gasteiger charge is -2.21. The Labute approximate surface area is 234 Å². The Hall–Kier alpha value is -5.28. The fourth-order valence-electron chi connectivity index (χ4n) is 5.21. The molecule has 0 unspecified atom stereocenters. The molecule has 3 nitrogen and oxygen atoms in total. The fraction of sp³-hybridized carbons (Fsp3) is 0.0270. The third kappa shape index (κ3) is 4.59. The number of Topliss-reactive ketones (excluding diaryl/α,β-unsaturated/α-hetero) is 1. The van der Waals surface area contributed by atoms with E-state index in [0.717, 1.165) is 27.8 Å². The zero-order valence-electron chi connectivity index (χ0n) is 22.1. The molecule has 0 saturated carbocycles.